The quantitative estimate of drug-likeness (QED) is 0.638. The Balaban J connectivity index is 1.91. The number of carbonyl (C=O) groups excluding carboxylic acids is 1. The maximum atomic E-state index is 11.1. The first-order valence-electron chi connectivity index (χ1n) is 7.49. The summed E-state index contributed by atoms with van der Waals surface area (Å²) in [5.74, 6) is 1.04. The van der Waals surface area contributed by atoms with Gasteiger partial charge in [0.05, 0.1) is 17.2 Å². The molecule has 3 nitrogen and oxygen atoms in total. The van der Waals surface area contributed by atoms with Crippen LogP contribution in [0.2, 0.25) is 5.02 Å². The van der Waals surface area contributed by atoms with Crippen LogP contribution in [0.1, 0.15) is 40.9 Å². The summed E-state index contributed by atoms with van der Waals surface area (Å²) in [5.41, 5.74) is 2.88. The molecule has 2 aromatic carbocycles. The van der Waals surface area contributed by atoms with Crippen molar-refractivity contribution in [1.29, 1.82) is 0 Å². The lowest BCUT2D eigenvalue weighted by Crippen LogP contribution is -2.05. The van der Waals surface area contributed by atoms with Crippen LogP contribution in [0.4, 0.5) is 0 Å². The van der Waals surface area contributed by atoms with Gasteiger partial charge in [-0.25, -0.2) is 0 Å². The summed E-state index contributed by atoms with van der Waals surface area (Å²) >= 11 is 9.85. The molecular formula is C18H16BrClO3. The van der Waals surface area contributed by atoms with E-state index in [1.54, 1.807) is 12.1 Å². The van der Waals surface area contributed by atoms with E-state index < -0.39 is 0 Å². The third-order valence-electron chi connectivity index (χ3n) is 3.92. The monoisotopic (exact) mass is 394 g/mol. The smallest absolute Gasteiger partial charge is 0.153 e. The number of aldehydes is 1. The van der Waals surface area contributed by atoms with Crippen LogP contribution in [0.15, 0.2) is 34.8 Å². The van der Waals surface area contributed by atoms with E-state index in [4.69, 9.17) is 21.1 Å². The van der Waals surface area contributed by atoms with Crippen LogP contribution in [-0.4, -0.2) is 12.9 Å². The standard InChI is InChI=1S/C18H16BrClO3/c1-2-22-17-9-18(15(20)8-11(17)10-21)23-16-7-6-12-13(16)4-3-5-14(12)19/h3-5,8-10,16H,2,6-7H2,1H3/t16-/m0/s1. The van der Waals surface area contributed by atoms with Crippen LogP contribution in [0.25, 0.3) is 0 Å². The largest absolute Gasteiger partial charge is 0.493 e. The summed E-state index contributed by atoms with van der Waals surface area (Å²) in [7, 11) is 0. The molecule has 0 saturated carbocycles. The average molecular weight is 396 g/mol. The Morgan fingerprint density at radius 3 is 2.91 bits per heavy atom. The molecule has 0 amide bonds. The summed E-state index contributed by atoms with van der Waals surface area (Å²) in [6, 6.07) is 9.42. The van der Waals surface area contributed by atoms with Gasteiger partial charge in [-0.05, 0) is 43.0 Å². The molecule has 120 valence electrons. The van der Waals surface area contributed by atoms with E-state index in [9.17, 15) is 4.79 Å². The summed E-state index contributed by atoms with van der Waals surface area (Å²) in [4.78, 5) is 11.1. The Morgan fingerprint density at radius 2 is 2.17 bits per heavy atom. The van der Waals surface area contributed by atoms with Crippen molar-refractivity contribution in [2.24, 2.45) is 0 Å². The van der Waals surface area contributed by atoms with Crippen molar-refractivity contribution >= 4 is 33.8 Å². The SMILES string of the molecule is CCOc1cc(O[C@H]2CCc3c(Br)cccc32)c(Cl)cc1C=O. The molecule has 0 aliphatic heterocycles. The van der Waals surface area contributed by atoms with E-state index >= 15 is 0 Å². The third kappa shape index (κ3) is 3.24. The highest BCUT2D eigenvalue weighted by molar-refractivity contribution is 9.10. The van der Waals surface area contributed by atoms with Crippen molar-refractivity contribution in [1.82, 2.24) is 0 Å². The molecule has 0 fully saturated rings. The number of hydrogen-bond acceptors (Lipinski definition) is 3. The van der Waals surface area contributed by atoms with Crippen LogP contribution in [0, 0.1) is 0 Å². The van der Waals surface area contributed by atoms with Gasteiger partial charge in [-0.15, -0.1) is 0 Å². The fraction of sp³-hybridized carbons (Fsp3) is 0.278. The molecule has 0 spiro atoms. The minimum absolute atomic E-state index is 0.0449. The van der Waals surface area contributed by atoms with Crippen molar-refractivity contribution in [2.45, 2.75) is 25.9 Å². The maximum Gasteiger partial charge on any atom is 0.153 e. The van der Waals surface area contributed by atoms with E-state index in [0.717, 1.165) is 23.6 Å². The summed E-state index contributed by atoms with van der Waals surface area (Å²) < 4.78 is 12.7. The highest BCUT2D eigenvalue weighted by Gasteiger charge is 2.26. The van der Waals surface area contributed by atoms with Crippen LogP contribution in [0.5, 0.6) is 11.5 Å². The minimum Gasteiger partial charge on any atom is -0.493 e. The van der Waals surface area contributed by atoms with Crippen molar-refractivity contribution in [3.63, 3.8) is 0 Å². The molecule has 0 saturated heterocycles. The summed E-state index contributed by atoms with van der Waals surface area (Å²) in [5, 5.41) is 0.416. The van der Waals surface area contributed by atoms with E-state index in [-0.39, 0.29) is 6.10 Å². The molecule has 0 bridgehead atoms. The fourth-order valence-corrected chi connectivity index (χ4v) is 3.66. The summed E-state index contributed by atoms with van der Waals surface area (Å²) in [6.07, 6.45) is 2.55. The Bertz CT molecular complexity index is 745. The predicted octanol–water partition coefficient (Wildman–Crippen LogP) is 5.38. The molecule has 5 heteroatoms. The lowest BCUT2D eigenvalue weighted by atomic mass is 10.1. The maximum absolute atomic E-state index is 11.1. The Morgan fingerprint density at radius 1 is 1.35 bits per heavy atom. The van der Waals surface area contributed by atoms with Gasteiger partial charge in [0.25, 0.3) is 0 Å². The van der Waals surface area contributed by atoms with Gasteiger partial charge in [-0.3, -0.25) is 4.79 Å². The first-order valence-corrected chi connectivity index (χ1v) is 8.66. The second-order valence-corrected chi connectivity index (χ2v) is 6.59. The number of hydrogen-bond donors (Lipinski definition) is 0. The number of fused-ring (bicyclic) bond motifs is 1. The van der Waals surface area contributed by atoms with E-state index in [2.05, 4.69) is 22.0 Å². The van der Waals surface area contributed by atoms with E-state index in [1.165, 1.54) is 11.1 Å². The Kier molecular flexibility index (Phi) is 4.93. The average Bonchev–Trinajstić information content (AvgIpc) is 2.95. The van der Waals surface area contributed by atoms with Gasteiger partial charge in [-0.1, -0.05) is 39.7 Å². The lowest BCUT2D eigenvalue weighted by molar-refractivity contribution is 0.111. The number of carbonyl (C=O) groups is 1. The molecule has 0 unspecified atom stereocenters. The molecule has 1 aliphatic carbocycles. The third-order valence-corrected chi connectivity index (χ3v) is 4.96. The molecule has 1 aliphatic rings. The van der Waals surface area contributed by atoms with Crippen LogP contribution >= 0.6 is 27.5 Å². The van der Waals surface area contributed by atoms with Gasteiger partial charge in [0.15, 0.2) is 6.29 Å². The molecule has 0 N–H and O–H groups in total. The first kappa shape index (κ1) is 16.3. The van der Waals surface area contributed by atoms with Gasteiger partial charge in [0.1, 0.15) is 17.6 Å². The van der Waals surface area contributed by atoms with Gasteiger partial charge in [0.2, 0.25) is 0 Å². The van der Waals surface area contributed by atoms with Crippen LogP contribution < -0.4 is 9.47 Å². The highest BCUT2D eigenvalue weighted by atomic mass is 79.9. The lowest BCUT2D eigenvalue weighted by Gasteiger charge is -2.18. The normalized spacial score (nSPS) is 16.0. The van der Waals surface area contributed by atoms with Crippen molar-refractivity contribution in [2.75, 3.05) is 6.61 Å². The van der Waals surface area contributed by atoms with Crippen molar-refractivity contribution in [3.05, 3.63) is 56.5 Å². The first-order chi connectivity index (χ1) is 11.1. The molecule has 0 radical (unpaired) electrons. The van der Waals surface area contributed by atoms with Gasteiger partial charge < -0.3 is 9.47 Å². The molecule has 2 aromatic rings. The zero-order valence-electron chi connectivity index (χ0n) is 12.6. The Labute approximate surface area is 148 Å². The van der Waals surface area contributed by atoms with Gasteiger partial charge in [-0.2, -0.15) is 0 Å². The van der Waals surface area contributed by atoms with Gasteiger partial charge >= 0.3 is 0 Å². The Hall–Kier alpha value is -1.52. The molecule has 1 atom stereocenters. The summed E-state index contributed by atoms with van der Waals surface area (Å²) in [6.45, 7) is 2.34. The molecule has 0 heterocycles. The number of ether oxygens (including phenoxy) is 2. The fourth-order valence-electron chi connectivity index (χ4n) is 2.86. The molecule has 3 rings (SSSR count). The van der Waals surface area contributed by atoms with Crippen molar-refractivity contribution < 1.29 is 14.3 Å². The molecule has 23 heavy (non-hydrogen) atoms. The van der Waals surface area contributed by atoms with Gasteiger partial charge in [0, 0.05) is 10.5 Å². The predicted molar refractivity (Wildman–Crippen MR) is 93.8 cm³/mol. The number of halogens is 2. The topological polar surface area (TPSA) is 35.5 Å². The van der Waals surface area contributed by atoms with E-state index in [1.807, 2.05) is 19.1 Å². The van der Waals surface area contributed by atoms with Crippen LogP contribution in [0.3, 0.4) is 0 Å². The second kappa shape index (κ2) is 6.93. The second-order valence-electron chi connectivity index (χ2n) is 5.32. The zero-order valence-corrected chi connectivity index (χ0v) is 15.0. The van der Waals surface area contributed by atoms with Crippen LogP contribution in [-0.2, 0) is 6.42 Å². The van der Waals surface area contributed by atoms with Crippen molar-refractivity contribution in [3.8, 4) is 11.5 Å². The van der Waals surface area contributed by atoms with E-state index in [0.29, 0.717) is 28.7 Å². The highest BCUT2D eigenvalue weighted by Crippen LogP contribution is 2.41. The minimum atomic E-state index is -0.0449. The molecular weight excluding hydrogens is 380 g/mol. The molecule has 0 aromatic heterocycles. The number of rotatable bonds is 5. The zero-order chi connectivity index (χ0) is 16.4. The number of benzene rings is 2.